The number of aromatic nitrogens is 1. The van der Waals surface area contributed by atoms with E-state index in [-0.39, 0.29) is 0 Å². The minimum Gasteiger partial charge on any atom is -0.497 e. The number of benzene rings is 1. The highest BCUT2D eigenvalue weighted by Crippen LogP contribution is 2.41. The van der Waals surface area contributed by atoms with E-state index in [1.54, 1.807) is 14.2 Å². The predicted molar refractivity (Wildman–Crippen MR) is 91.2 cm³/mol. The zero-order valence-corrected chi connectivity index (χ0v) is 14.3. The first kappa shape index (κ1) is 15.3. The highest BCUT2D eigenvalue weighted by atomic mass is 32.1. The van der Waals surface area contributed by atoms with Crippen molar-refractivity contribution in [1.29, 1.82) is 0 Å². The van der Waals surface area contributed by atoms with Gasteiger partial charge < -0.3 is 9.47 Å². The van der Waals surface area contributed by atoms with E-state index in [4.69, 9.17) is 14.5 Å². The summed E-state index contributed by atoms with van der Waals surface area (Å²) in [5.74, 6) is 2.28. The number of ether oxygens (including phenoxy) is 2. The maximum absolute atomic E-state index is 5.54. The Morgan fingerprint density at radius 3 is 2.55 bits per heavy atom. The molecule has 0 bridgehead atoms. The summed E-state index contributed by atoms with van der Waals surface area (Å²) in [5, 5.41) is 1.30. The summed E-state index contributed by atoms with van der Waals surface area (Å²) in [6, 6.07) is 5.94. The molecule has 0 saturated heterocycles. The summed E-state index contributed by atoms with van der Waals surface area (Å²) in [6.45, 7) is 2.16. The summed E-state index contributed by atoms with van der Waals surface area (Å²) in [6.07, 6.45) is 6.62. The van der Waals surface area contributed by atoms with Gasteiger partial charge in [0.25, 0.3) is 0 Å². The maximum atomic E-state index is 5.54. The van der Waals surface area contributed by atoms with Crippen LogP contribution >= 0.6 is 11.3 Å². The van der Waals surface area contributed by atoms with Crippen molar-refractivity contribution in [3.05, 3.63) is 28.1 Å². The third-order valence-corrected chi connectivity index (χ3v) is 5.56. The lowest BCUT2D eigenvalue weighted by Crippen LogP contribution is -2.03. The molecule has 1 aromatic carbocycles. The lowest BCUT2D eigenvalue weighted by molar-refractivity contribution is 0.395. The molecule has 0 N–H and O–H groups in total. The Balaban J connectivity index is 1.96. The first-order valence-corrected chi connectivity index (χ1v) is 8.74. The van der Waals surface area contributed by atoms with E-state index >= 15 is 0 Å². The Hall–Kier alpha value is -1.55. The first-order valence-electron chi connectivity index (χ1n) is 7.92. The molecule has 1 fully saturated rings. The van der Waals surface area contributed by atoms with Crippen molar-refractivity contribution in [3.63, 3.8) is 0 Å². The van der Waals surface area contributed by atoms with Gasteiger partial charge in [0, 0.05) is 22.4 Å². The Morgan fingerprint density at radius 1 is 1.09 bits per heavy atom. The zero-order valence-electron chi connectivity index (χ0n) is 13.5. The molecule has 0 amide bonds. The third kappa shape index (κ3) is 2.98. The molecule has 3 rings (SSSR count). The molecule has 3 nitrogen and oxygen atoms in total. The average Bonchev–Trinajstić information content (AvgIpc) is 2.96. The van der Waals surface area contributed by atoms with E-state index in [0.717, 1.165) is 22.8 Å². The highest BCUT2D eigenvalue weighted by molar-refractivity contribution is 7.12. The third-order valence-electron chi connectivity index (χ3n) is 4.43. The SMILES string of the molecule is COc1ccc(-c2nc(C3CCCCC3)sc2C)c(OC)c1. The van der Waals surface area contributed by atoms with Gasteiger partial charge in [-0.25, -0.2) is 4.98 Å². The van der Waals surface area contributed by atoms with Crippen LogP contribution in [0.4, 0.5) is 0 Å². The van der Waals surface area contributed by atoms with Crippen LogP contribution in [-0.4, -0.2) is 19.2 Å². The second kappa shape index (κ2) is 6.69. The van der Waals surface area contributed by atoms with E-state index in [1.807, 2.05) is 29.5 Å². The standard InChI is InChI=1S/C18H23NO2S/c1-12-17(15-10-9-14(20-2)11-16(15)21-3)19-18(22-12)13-7-5-4-6-8-13/h9-11,13H,4-8H2,1-3H3. The molecule has 0 radical (unpaired) electrons. The monoisotopic (exact) mass is 317 g/mol. The van der Waals surface area contributed by atoms with Gasteiger partial charge in [-0.3, -0.25) is 0 Å². The second-order valence-electron chi connectivity index (χ2n) is 5.86. The molecule has 1 aromatic heterocycles. The van der Waals surface area contributed by atoms with Gasteiger partial charge in [-0.2, -0.15) is 0 Å². The maximum Gasteiger partial charge on any atom is 0.131 e. The van der Waals surface area contributed by atoms with Crippen LogP contribution in [0.3, 0.4) is 0 Å². The van der Waals surface area contributed by atoms with Crippen molar-refractivity contribution in [1.82, 2.24) is 4.98 Å². The van der Waals surface area contributed by atoms with E-state index in [2.05, 4.69) is 6.92 Å². The van der Waals surface area contributed by atoms with Crippen molar-refractivity contribution in [2.75, 3.05) is 14.2 Å². The minimum absolute atomic E-state index is 0.649. The van der Waals surface area contributed by atoms with E-state index in [0.29, 0.717) is 5.92 Å². The fourth-order valence-corrected chi connectivity index (χ4v) is 4.29. The van der Waals surface area contributed by atoms with Crippen LogP contribution in [0.25, 0.3) is 11.3 Å². The second-order valence-corrected chi connectivity index (χ2v) is 7.09. The molecule has 0 spiro atoms. The molecule has 0 aliphatic heterocycles. The van der Waals surface area contributed by atoms with Crippen LogP contribution in [0.2, 0.25) is 0 Å². The Labute approximate surface area is 136 Å². The van der Waals surface area contributed by atoms with Gasteiger partial charge in [-0.1, -0.05) is 19.3 Å². The first-order chi connectivity index (χ1) is 10.7. The van der Waals surface area contributed by atoms with Gasteiger partial charge >= 0.3 is 0 Å². The van der Waals surface area contributed by atoms with Gasteiger partial charge in [0.05, 0.1) is 24.9 Å². The predicted octanol–water partition coefficient (Wildman–Crippen LogP) is 5.18. The van der Waals surface area contributed by atoms with Gasteiger partial charge in [-0.15, -0.1) is 11.3 Å². The molecule has 4 heteroatoms. The smallest absolute Gasteiger partial charge is 0.131 e. The van der Waals surface area contributed by atoms with Crippen LogP contribution in [0, 0.1) is 6.92 Å². The average molecular weight is 317 g/mol. The molecule has 118 valence electrons. The summed E-state index contributed by atoms with van der Waals surface area (Å²) >= 11 is 1.85. The van der Waals surface area contributed by atoms with Gasteiger partial charge in [0.15, 0.2) is 0 Å². The molecular weight excluding hydrogens is 294 g/mol. The molecule has 22 heavy (non-hydrogen) atoms. The number of thiazole rings is 1. The molecule has 0 atom stereocenters. The van der Waals surface area contributed by atoms with Crippen molar-refractivity contribution in [2.24, 2.45) is 0 Å². The van der Waals surface area contributed by atoms with E-state index in [9.17, 15) is 0 Å². The van der Waals surface area contributed by atoms with Crippen molar-refractivity contribution >= 4 is 11.3 Å². The largest absolute Gasteiger partial charge is 0.497 e. The molecule has 1 heterocycles. The minimum atomic E-state index is 0.649. The van der Waals surface area contributed by atoms with Crippen molar-refractivity contribution in [3.8, 4) is 22.8 Å². The number of methoxy groups -OCH3 is 2. The van der Waals surface area contributed by atoms with E-state index < -0.39 is 0 Å². The summed E-state index contributed by atoms with van der Waals surface area (Å²) < 4.78 is 10.8. The van der Waals surface area contributed by atoms with Crippen LogP contribution in [0.1, 0.15) is 47.9 Å². The Kier molecular flexibility index (Phi) is 4.67. The number of hydrogen-bond acceptors (Lipinski definition) is 4. The molecule has 1 aliphatic rings. The Morgan fingerprint density at radius 2 is 1.86 bits per heavy atom. The fourth-order valence-electron chi connectivity index (χ4n) is 3.19. The molecular formula is C18H23NO2S. The Bertz CT molecular complexity index is 645. The molecule has 0 unspecified atom stereocenters. The van der Waals surface area contributed by atoms with Crippen LogP contribution in [0.5, 0.6) is 11.5 Å². The topological polar surface area (TPSA) is 31.4 Å². The number of rotatable bonds is 4. The fraction of sp³-hybridized carbons (Fsp3) is 0.500. The summed E-state index contributed by atoms with van der Waals surface area (Å²) in [5.41, 5.74) is 2.11. The molecule has 1 aliphatic carbocycles. The zero-order chi connectivity index (χ0) is 15.5. The van der Waals surface area contributed by atoms with Crippen molar-refractivity contribution in [2.45, 2.75) is 44.9 Å². The van der Waals surface area contributed by atoms with Gasteiger partial charge in [0.1, 0.15) is 11.5 Å². The molecule has 2 aromatic rings. The van der Waals surface area contributed by atoms with E-state index in [1.165, 1.54) is 42.0 Å². The van der Waals surface area contributed by atoms with Gasteiger partial charge in [-0.05, 0) is 31.9 Å². The van der Waals surface area contributed by atoms with Crippen LogP contribution in [0.15, 0.2) is 18.2 Å². The normalized spacial score (nSPS) is 15.8. The molecule has 1 saturated carbocycles. The highest BCUT2D eigenvalue weighted by Gasteiger charge is 2.22. The number of hydrogen-bond donors (Lipinski definition) is 0. The summed E-state index contributed by atoms with van der Waals surface area (Å²) in [4.78, 5) is 6.23. The number of nitrogens with zero attached hydrogens (tertiary/aromatic N) is 1. The van der Waals surface area contributed by atoms with Crippen LogP contribution < -0.4 is 9.47 Å². The lowest BCUT2D eigenvalue weighted by atomic mass is 9.90. The lowest BCUT2D eigenvalue weighted by Gasteiger charge is -2.18. The van der Waals surface area contributed by atoms with Gasteiger partial charge in [0.2, 0.25) is 0 Å². The van der Waals surface area contributed by atoms with Crippen LogP contribution in [-0.2, 0) is 0 Å². The quantitative estimate of drug-likeness (QED) is 0.778. The summed E-state index contributed by atoms with van der Waals surface area (Å²) in [7, 11) is 3.37. The number of aryl methyl sites for hydroxylation is 1. The van der Waals surface area contributed by atoms with Crippen molar-refractivity contribution < 1.29 is 9.47 Å².